The second-order valence-corrected chi connectivity index (χ2v) is 6.50. The largest absolute Gasteiger partial charge is 0.488 e. The van der Waals surface area contributed by atoms with Crippen molar-refractivity contribution in [3.63, 3.8) is 0 Å². The van der Waals surface area contributed by atoms with Crippen molar-refractivity contribution in [2.24, 2.45) is 0 Å². The summed E-state index contributed by atoms with van der Waals surface area (Å²) < 4.78 is 11.1. The Bertz CT molecular complexity index is 801. The molecular weight excluding hydrogens is 322 g/mol. The monoisotopic (exact) mass is 341 g/mol. The zero-order valence-electron chi connectivity index (χ0n) is 13.7. The lowest BCUT2D eigenvalue weighted by Crippen LogP contribution is -2.21. The van der Waals surface area contributed by atoms with Gasteiger partial charge in [-0.3, -0.25) is 4.79 Å². The standard InChI is InChI=1S/C19H19NO3S/c1-13-5-3-6-14(2)18(13)23-11-15-9-17(24-12-15)19(21)20-10-16-7-4-8-22-16/h3-9,12H,10-11H2,1-2H3,(H,20,21). The summed E-state index contributed by atoms with van der Waals surface area (Å²) >= 11 is 1.42. The predicted molar refractivity (Wildman–Crippen MR) is 94.4 cm³/mol. The molecule has 0 bridgehead atoms. The maximum atomic E-state index is 12.2. The topological polar surface area (TPSA) is 51.5 Å². The number of aryl methyl sites for hydroxylation is 2. The number of carbonyl (C=O) groups is 1. The van der Waals surface area contributed by atoms with Crippen LogP contribution in [0.25, 0.3) is 0 Å². The van der Waals surface area contributed by atoms with E-state index in [1.807, 2.05) is 49.6 Å². The van der Waals surface area contributed by atoms with E-state index in [-0.39, 0.29) is 5.91 Å². The van der Waals surface area contributed by atoms with Crippen molar-refractivity contribution in [3.8, 4) is 5.75 Å². The van der Waals surface area contributed by atoms with Crippen molar-refractivity contribution >= 4 is 17.2 Å². The van der Waals surface area contributed by atoms with E-state index in [2.05, 4.69) is 5.32 Å². The second kappa shape index (κ2) is 7.36. The van der Waals surface area contributed by atoms with Gasteiger partial charge < -0.3 is 14.5 Å². The lowest BCUT2D eigenvalue weighted by Gasteiger charge is -2.10. The summed E-state index contributed by atoms with van der Waals surface area (Å²) in [5, 5.41) is 4.80. The Kier molecular flexibility index (Phi) is 5.01. The Hall–Kier alpha value is -2.53. The molecule has 0 aliphatic heterocycles. The normalized spacial score (nSPS) is 10.6. The molecule has 0 atom stereocenters. The van der Waals surface area contributed by atoms with E-state index in [1.54, 1.807) is 12.3 Å². The van der Waals surface area contributed by atoms with Gasteiger partial charge in [-0.15, -0.1) is 11.3 Å². The Morgan fingerprint density at radius 2 is 2.00 bits per heavy atom. The number of furan rings is 1. The average Bonchev–Trinajstić information content (AvgIpc) is 3.24. The molecule has 0 unspecified atom stereocenters. The van der Waals surface area contributed by atoms with Crippen LogP contribution < -0.4 is 10.1 Å². The quantitative estimate of drug-likeness (QED) is 0.720. The second-order valence-electron chi connectivity index (χ2n) is 5.59. The van der Waals surface area contributed by atoms with Gasteiger partial charge in [-0.05, 0) is 48.6 Å². The third kappa shape index (κ3) is 3.86. The molecule has 5 heteroatoms. The van der Waals surface area contributed by atoms with Crippen LogP contribution in [0.5, 0.6) is 5.75 Å². The highest BCUT2D eigenvalue weighted by Gasteiger charge is 2.11. The lowest BCUT2D eigenvalue weighted by molar-refractivity contribution is 0.0952. The van der Waals surface area contributed by atoms with Crippen molar-refractivity contribution in [2.45, 2.75) is 27.0 Å². The zero-order valence-corrected chi connectivity index (χ0v) is 14.5. The van der Waals surface area contributed by atoms with Gasteiger partial charge in [0.2, 0.25) is 0 Å². The molecule has 2 heterocycles. The minimum absolute atomic E-state index is 0.102. The SMILES string of the molecule is Cc1cccc(C)c1OCc1csc(C(=O)NCc2ccco2)c1. The Labute approximate surface area is 145 Å². The molecule has 0 fully saturated rings. The van der Waals surface area contributed by atoms with Gasteiger partial charge in [0.25, 0.3) is 5.91 Å². The number of amides is 1. The molecule has 0 aliphatic rings. The van der Waals surface area contributed by atoms with E-state index < -0.39 is 0 Å². The summed E-state index contributed by atoms with van der Waals surface area (Å²) in [7, 11) is 0. The van der Waals surface area contributed by atoms with Crippen LogP contribution in [-0.4, -0.2) is 5.91 Å². The molecule has 1 N–H and O–H groups in total. The van der Waals surface area contributed by atoms with Gasteiger partial charge in [0.05, 0.1) is 17.7 Å². The van der Waals surface area contributed by atoms with E-state index in [4.69, 9.17) is 9.15 Å². The summed E-state index contributed by atoms with van der Waals surface area (Å²) in [4.78, 5) is 12.8. The Morgan fingerprint density at radius 3 is 2.71 bits per heavy atom. The van der Waals surface area contributed by atoms with E-state index in [0.717, 1.165) is 28.2 Å². The number of carbonyl (C=O) groups excluding carboxylic acids is 1. The summed E-state index contributed by atoms with van der Waals surface area (Å²) in [5.74, 6) is 1.54. The van der Waals surface area contributed by atoms with Gasteiger partial charge in [-0.25, -0.2) is 0 Å². The van der Waals surface area contributed by atoms with Gasteiger partial charge in [-0.1, -0.05) is 18.2 Å². The number of nitrogens with one attached hydrogen (secondary N) is 1. The molecule has 1 amide bonds. The van der Waals surface area contributed by atoms with Gasteiger partial charge in [0.15, 0.2) is 0 Å². The van der Waals surface area contributed by atoms with Crippen LogP contribution in [0, 0.1) is 13.8 Å². The van der Waals surface area contributed by atoms with Crippen LogP contribution in [-0.2, 0) is 13.2 Å². The Balaban J connectivity index is 1.58. The minimum Gasteiger partial charge on any atom is -0.488 e. The molecule has 0 aliphatic carbocycles. The van der Waals surface area contributed by atoms with Crippen molar-refractivity contribution in [1.29, 1.82) is 0 Å². The third-order valence-electron chi connectivity index (χ3n) is 3.67. The number of thiophene rings is 1. The lowest BCUT2D eigenvalue weighted by atomic mass is 10.1. The fraction of sp³-hybridized carbons (Fsp3) is 0.211. The van der Waals surface area contributed by atoms with Gasteiger partial charge in [0, 0.05) is 5.56 Å². The highest BCUT2D eigenvalue weighted by atomic mass is 32.1. The molecule has 0 saturated heterocycles. The van der Waals surface area contributed by atoms with E-state index in [9.17, 15) is 4.79 Å². The van der Waals surface area contributed by atoms with Crippen molar-refractivity contribution < 1.29 is 13.9 Å². The molecule has 0 saturated carbocycles. The Morgan fingerprint density at radius 1 is 1.21 bits per heavy atom. The minimum atomic E-state index is -0.102. The number of para-hydroxylation sites is 1. The molecule has 1 aromatic carbocycles. The predicted octanol–water partition coefficient (Wildman–Crippen LogP) is 4.47. The van der Waals surface area contributed by atoms with Crippen LogP contribution in [0.3, 0.4) is 0 Å². The van der Waals surface area contributed by atoms with Crippen molar-refractivity contribution in [2.75, 3.05) is 0 Å². The fourth-order valence-electron chi connectivity index (χ4n) is 2.42. The van der Waals surface area contributed by atoms with Crippen LogP contribution in [0.15, 0.2) is 52.5 Å². The van der Waals surface area contributed by atoms with E-state index in [1.165, 1.54) is 11.3 Å². The maximum Gasteiger partial charge on any atom is 0.261 e. The number of rotatable bonds is 6. The van der Waals surface area contributed by atoms with Crippen LogP contribution in [0.4, 0.5) is 0 Å². The molecule has 3 aromatic rings. The first-order valence-electron chi connectivity index (χ1n) is 7.70. The molecular formula is C19H19NO3S. The number of hydrogen-bond acceptors (Lipinski definition) is 4. The zero-order chi connectivity index (χ0) is 16.9. The molecule has 3 rings (SSSR count). The first-order chi connectivity index (χ1) is 11.6. The molecule has 24 heavy (non-hydrogen) atoms. The van der Waals surface area contributed by atoms with Crippen molar-refractivity contribution in [3.05, 3.63) is 75.4 Å². The number of benzene rings is 1. The highest BCUT2D eigenvalue weighted by molar-refractivity contribution is 7.12. The first-order valence-corrected chi connectivity index (χ1v) is 8.58. The summed E-state index contributed by atoms with van der Waals surface area (Å²) in [6.07, 6.45) is 1.59. The fourth-order valence-corrected chi connectivity index (χ4v) is 3.23. The van der Waals surface area contributed by atoms with Crippen LogP contribution >= 0.6 is 11.3 Å². The smallest absolute Gasteiger partial charge is 0.261 e. The van der Waals surface area contributed by atoms with Gasteiger partial charge >= 0.3 is 0 Å². The van der Waals surface area contributed by atoms with Crippen LogP contribution in [0.2, 0.25) is 0 Å². The maximum absolute atomic E-state index is 12.2. The highest BCUT2D eigenvalue weighted by Crippen LogP contribution is 2.24. The molecule has 2 aromatic heterocycles. The van der Waals surface area contributed by atoms with E-state index >= 15 is 0 Å². The summed E-state index contributed by atoms with van der Waals surface area (Å²) in [6, 6.07) is 11.6. The van der Waals surface area contributed by atoms with Gasteiger partial charge in [-0.2, -0.15) is 0 Å². The molecule has 0 radical (unpaired) electrons. The first kappa shape index (κ1) is 16.3. The van der Waals surface area contributed by atoms with Crippen molar-refractivity contribution in [1.82, 2.24) is 5.32 Å². The van der Waals surface area contributed by atoms with Crippen LogP contribution in [0.1, 0.15) is 32.1 Å². The summed E-state index contributed by atoms with van der Waals surface area (Å²) in [6.45, 7) is 4.90. The molecule has 0 spiro atoms. The molecule has 4 nitrogen and oxygen atoms in total. The molecule has 124 valence electrons. The summed E-state index contributed by atoms with van der Waals surface area (Å²) in [5.41, 5.74) is 3.22. The number of hydrogen-bond donors (Lipinski definition) is 1. The average molecular weight is 341 g/mol. The van der Waals surface area contributed by atoms with Gasteiger partial charge in [0.1, 0.15) is 18.1 Å². The van der Waals surface area contributed by atoms with E-state index in [0.29, 0.717) is 18.0 Å². The third-order valence-corrected chi connectivity index (χ3v) is 4.65. The number of ether oxygens (including phenoxy) is 1.